The molecular formula is C13H13ClN6O. The molecule has 1 amide bonds. The Balaban J connectivity index is 1.77. The number of nitrogens with zero attached hydrogens (tertiary/aromatic N) is 5. The van der Waals surface area contributed by atoms with Crippen molar-refractivity contribution >= 4 is 23.2 Å². The number of carbonyl (C=O) groups excluding carboxylic acids is 1. The highest BCUT2D eigenvalue weighted by Gasteiger charge is 2.16. The standard InChI is InChI=1S/C13H13ClN6O/c1-9-12(20-6-10(14)2-3-11(20)18-9)13(21)16-4-5-19-8-15-7-17-19/h2-3,6-8H,4-5H2,1H3,(H,16,21). The Bertz CT molecular complexity index is 779. The molecule has 8 heteroatoms. The number of fused-ring (bicyclic) bond motifs is 1. The molecule has 0 unspecified atom stereocenters. The number of carbonyl (C=O) groups is 1. The lowest BCUT2D eigenvalue weighted by molar-refractivity contribution is 0.0945. The van der Waals surface area contributed by atoms with Gasteiger partial charge in [0, 0.05) is 12.7 Å². The van der Waals surface area contributed by atoms with Crippen LogP contribution in [-0.2, 0) is 6.54 Å². The Kier molecular flexibility index (Phi) is 3.57. The second-order valence-corrected chi connectivity index (χ2v) is 4.97. The molecule has 3 aromatic heterocycles. The van der Waals surface area contributed by atoms with E-state index in [1.165, 1.54) is 6.33 Å². The van der Waals surface area contributed by atoms with Crippen molar-refractivity contribution in [1.29, 1.82) is 0 Å². The van der Waals surface area contributed by atoms with E-state index in [-0.39, 0.29) is 5.91 Å². The molecule has 0 spiro atoms. The van der Waals surface area contributed by atoms with Crippen LogP contribution in [0.3, 0.4) is 0 Å². The number of nitrogens with one attached hydrogen (secondary N) is 1. The van der Waals surface area contributed by atoms with E-state index in [4.69, 9.17) is 11.6 Å². The third kappa shape index (κ3) is 2.73. The Labute approximate surface area is 125 Å². The van der Waals surface area contributed by atoms with Gasteiger partial charge in [0.15, 0.2) is 0 Å². The fourth-order valence-corrected chi connectivity index (χ4v) is 2.29. The average Bonchev–Trinajstić information content (AvgIpc) is 3.05. The summed E-state index contributed by atoms with van der Waals surface area (Å²) in [5.41, 5.74) is 1.85. The Morgan fingerprint density at radius 1 is 1.43 bits per heavy atom. The number of halogens is 1. The van der Waals surface area contributed by atoms with E-state index in [9.17, 15) is 4.79 Å². The molecule has 0 aromatic carbocycles. The monoisotopic (exact) mass is 304 g/mol. The maximum Gasteiger partial charge on any atom is 0.270 e. The van der Waals surface area contributed by atoms with Crippen molar-refractivity contribution in [1.82, 2.24) is 29.5 Å². The number of aryl methyl sites for hydroxylation is 1. The SMILES string of the molecule is Cc1nc2ccc(Cl)cn2c1C(=O)NCCn1cncn1. The second kappa shape index (κ2) is 5.53. The highest BCUT2D eigenvalue weighted by atomic mass is 35.5. The number of amides is 1. The fraction of sp³-hybridized carbons (Fsp3) is 0.231. The maximum atomic E-state index is 12.3. The van der Waals surface area contributed by atoms with Crippen molar-refractivity contribution in [2.75, 3.05) is 6.54 Å². The molecule has 108 valence electrons. The van der Waals surface area contributed by atoms with Crippen molar-refractivity contribution in [2.24, 2.45) is 0 Å². The first kappa shape index (κ1) is 13.6. The average molecular weight is 305 g/mol. The van der Waals surface area contributed by atoms with Gasteiger partial charge in [0.2, 0.25) is 0 Å². The minimum Gasteiger partial charge on any atom is -0.349 e. The topological polar surface area (TPSA) is 77.1 Å². The lowest BCUT2D eigenvalue weighted by Crippen LogP contribution is -2.29. The highest BCUT2D eigenvalue weighted by Crippen LogP contribution is 2.16. The predicted molar refractivity (Wildman–Crippen MR) is 77.3 cm³/mol. The number of hydrogen-bond acceptors (Lipinski definition) is 4. The summed E-state index contributed by atoms with van der Waals surface area (Å²) in [6, 6.07) is 3.53. The van der Waals surface area contributed by atoms with Gasteiger partial charge in [-0.2, -0.15) is 5.10 Å². The first-order valence-corrected chi connectivity index (χ1v) is 6.78. The molecule has 0 aliphatic carbocycles. The molecule has 3 heterocycles. The molecule has 0 atom stereocenters. The second-order valence-electron chi connectivity index (χ2n) is 4.54. The molecule has 0 fully saturated rings. The summed E-state index contributed by atoms with van der Waals surface area (Å²) in [6.07, 6.45) is 4.74. The molecule has 0 bridgehead atoms. The van der Waals surface area contributed by atoms with Crippen LogP contribution in [0.2, 0.25) is 5.02 Å². The zero-order valence-corrected chi connectivity index (χ0v) is 12.1. The van der Waals surface area contributed by atoms with E-state index >= 15 is 0 Å². The van der Waals surface area contributed by atoms with Crippen LogP contribution < -0.4 is 5.32 Å². The van der Waals surface area contributed by atoms with Crippen LogP contribution in [0.15, 0.2) is 31.0 Å². The number of rotatable bonds is 4. The third-order valence-corrected chi connectivity index (χ3v) is 3.29. The molecule has 0 saturated heterocycles. The van der Waals surface area contributed by atoms with Crippen LogP contribution in [0.25, 0.3) is 5.65 Å². The van der Waals surface area contributed by atoms with Gasteiger partial charge in [-0.1, -0.05) is 11.6 Å². The van der Waals surface area contributed by atoms with E-state index in [1.54, 1.807) is 40.7 Å². The summed E-state index contributed by atoms with van der Waals surface area (Å²) < 4.78 is 3.35. The largest absolute Gasteiger partial charge is 0.349 e. The van der Waals surface area contributed by atoms with Crippen molar-refractivity contribution in [3.63, 3.8) is 0 Å². The van der Waals surface area contributed by atoms with Crippen LogP contribution in [0.1, 0.15) is 16.2 Å². The fourth-order valence-electron chi connectivity index (χ4n) is 2.13. The highest BCUT2D eigenvalue weighted by molar-refractivity contribution is 6.30. The lowest BCUT2D eigenvalue weighted by Gasteiger charge is -2.06. The van der Waals surface area contributed by atoms with Crippen molar-refractivity contribution in [2.45, 2.75) is 13.5 Å². The van der Waals surface area contributed by atoms with Gasteiger partial charge in [-0.3, -0.25) is 13.9 Å². The van der Waals surface area contributed by atoms with Crippen molar-refractivity contribution in [3.8, 4) is 0 Å². The summed E-state index contributed by atoms with van der Waals surface area (Å²) in [7, 11) is 0. The zero-order chi connectivity index (χ0) is 14.8. The van der Waals surface area contributed by atoms with Crippen LogP contribution in [0.4, 0.5) is 0 Å². The number of imidazole rings is 1. The molecule has 0 aliphatic heterocycles. The Hall–Kier alpha value is -2.41. The molecule has 3 rings (SSSR count). The molecule has 21 heavy (non-hydrogen) atoms. The van der Waals surface area contributed by atoms with Crippen LogP contribution in [0.5, 0.6) is 0 Å². The van der Waals surface area contributed by atoms with Crippen molar-refractivity contribution < 1.29 is 4.79 Å². The van der Waals surface area contributed by atoms with E-state index in [0.29, 0.717) is 35.1 Å². The van der Waals surface area contributed by atoms with E-state index in [0.717, 1.165) is 0 Å². The lowest BCUT2D eigenvalue weighted by atomic mass is 10.3. The predicted octanol–water partition coefficient (Wildman–Crippen LogP) is 1.32. The quantitative estimate of drug-likeness (QED) is 0.788. The molecular weight excluding hydrogens is 292 g/mol. The zero-order valence-electron chi connectivity index (χ0n) is 11.3. The Morgan fingerprint density at radius 2 is 2.29 bits per heavy atom. The van der Waals surface area contributed by atoms with Gasteiger partial charge in [-0.15, -0.1) is 0 Å². The number of hydrogen-bond donors (Lipinski definition) is 1. The summed E-state index contributed by atoms with van der Waals surface area (Å²) in [4.78, 5) is 20.5. The Morgan fingerprint density at radius 3 is 3.05 bits per heavy atom. The minimum absolute atomic E-state index is 0.192. The van der Waals surface area contributed by atoms with Crippen LogP contribution in [0, 0.1) is 6.92 Å². The van der Waals surface area contributed by atoms with Crippen molar-refractivity contribution in [3.05, 3.63) is 47.4 Å². The van der Waals surface area contributed by atoms with Crippen LogP contribution in [-0.4, -0.2) is 36.6 Å². The minimum atomic E-state index is -0.192. The van der Waals surface area contributed by atoms with Gasteiger partial charge in [0.25, 0.3) is 5.91 Å². The van der Waals surface area contributed by atoms with Crippen LogP contribution >= 0.6 is 11.6 Å². The third-order valence-electron chi connectivity index (χ3n) is 3.06. The first-order chi connectivity index (χ1) is 10.1. The van der Waals surface area contributed by atoms with Gasteiger partial charge in [0.05, 0.1) is 17.3 Å². The van der Waals surface area contributed by atoms with E-state index in [1.807, 2.05) is 0 Å². The molecule has 1 N–H and O–H groups in total. The maximum absolute atomic E-state index is 12.3. The molecule has 0 saturated carbocycles. The molecule has 0 radical (unpaired) electrons. The van der Waals surface area contributed by atoms with Gasteiger partial charge in [0.1, 0.15) is 24.0 Å². The number of pyridine rings is 1. The van der Waals surface area contributed by atoms with E-state index in [2.05, 4.69) is 20.4 Å². The molecule has 3 aromatic rings. The summed E-state index contributed by atoms with van der Waals surface area (Å²) in [6.45, 7) is 2.81. The van der Waals surface area contributed by atoms with Gasteiger partial charge < -0.3 is 5.32 Å². The smallest absolute Gasteiger partial charge is 0.270 e. The van der Waals surface area contributed by atoms with Gasteiger partial charge in [-0.25, -0.2) is 9.97 Å². The molecule has 0 aliphatic rings. The van der Waals surface area contributed by atoms with Gasteiger partial charge in [-0.05, 0) is 19.1 Å². The first-order valence-electron chi connectivity index (χ1n) is 6.40. The number of aromatic nitrogens is 5. The van der Waals surface area contributed by atoms with E-state index < -0.39 is 0 Å². The molecule has 7 nitrogen and oxygen atoms in total. The van der Waals surface area contributed by atoms with Gasteiger partial charge >= 0.3 is 0 Å². The summed E-state index contributed by atoms with van der Waals surface area (Å²) in [5, 5.41) is 7.37. The normalized spacial score (nSPS) is 11.0. The summed E-state index contributed by atoms with van der Waals surface area (Å²) in [5.74, 6) is -0.192. The summed E-state index contributed by atoms with van der Waals surface area (Å²) >= 11 is 5.98.